The molecule has 1 heterocycles. The van der Waals surface area contributed by atoms with Crippen LogP contribution < -0.4 is 27.4 Å². The largest absolute Gasteiger partial charge is 0.387 e. The molecule has 1 unspecified atom stereocenters. The third kappa shape index (κ3) is 20.4. The van der Waals surface area contributed by atoms with E-state index in [1.165, 1.54) is 37.3 Å². The van der Waals surface area contributed by atoms with Crippen LogP contribution >= 0.6 is 0 Å². The monoisotopic (exact) mass is 788 g/mol. The van der Waals surface area contributed by atoms with Crippen LogP contribution in [0.2, 0.25) is 0 Å². The Balaban J connectivity index is 0.000000822. The number of anilines is 1. The molecule has 16 heteroatoms. The molecule has 1 aliphatic rings. The van der Waals surface area contributed by atoms with Crippen molar-refractivity contribution in [1.82, 2.24) is 15.5 Å². The molecule has 0 saturated heterocycles. The highest BCUT2D eigenvalue weighted by Gasteiger charge is 2.27. The molecule has 0 aromatic heterocycles. The van der Waals surface area contributed by atoms with Gasteiger partial charge in [-0.05, 0) is 49.9 Å². The Morgan fingerprint density at radius 1 is 0.804 bits per heavy atom. The molecule has 0 radical (unpaired) electrons. The minimum Gasteiger partial charge on any atom is -0.387 e. The van der Waals surface area contributed by atoms with E-state index in [9.17, 15) is 38.7 Å². The predicted octanol–water partition coefficient (Wildman–Crippen LogP) is 2.47. The second-order valence-electron chi connectivity index (χ2n) is 16.8. The fraction of sp³-hybridized carbons (Fsp3) is 0.625. The number of carbonyl (C=O) groups excluding carboxylic acids is 7. The molecular weight excluding hydrogens is 724 g/mol. The number of benzene rings is 1. The second-order valence-corrected chi connectivity index (χ2v) is 16.8. The van der Waals surface area contributed by atoms with Gasteiger partial charge in [0, 0.05) is 72.8 Å². The van der Waals surface area contributed by atoms with E-state index >= 15 is 0 Å². The number of unbranched alkanes of at least 4 members (excludes halogenated alkanes) is 2. The van der Waals surface area contributed by atoms with Crippen molar-refractivity contribution in [3.63, 3.8) is 0 Å². The van der Waals surface area contributed by atoms with E-state index in [4.69, 9.17) is 20.9 Å². The van der Waals surface area contributed by atoms with E-state index in [0.29, 0.717) is 64.0 Å². The molecule has 2 rings (SSSR count). The van der Waals surface area contributed by atoms with Crippen LogP contribution in [-0.4, -0.2) is 110 Å². The van der Waals surface area contributed by atoms with Gasteiger partial charge in [-0.15, -0.1) is 0 Å². The molecule has 56 heavy (non-hydrogen) atoms. The van der Waals surface area contributed by atoms with Crippen LogP contribution in [0.25, 0.3) is 0 Å². The lowest BCUT2D eigenvalue weighted by molar-refractivity contribution is -0.137. The molecule has 1 aromatic rings. The van der Waals surface area contributed by atoms with Gasteiger partial charge in [0.1, 0.15) is 6.29 Å². The molecule has 314 valence electrons. The van der Waals surface area contributed by atoms with E-state index in [1.807, 2.05) is 27.7 Å². The lowest BCUT2D eigenvalue weighted by Crippen LogP contribution is -2.40. The normalized spacial score (nSPS) is 14.1. The van der Waals surface area contributed by atoms with Gasteiger partial charge in [-0.3, -0.25) is 38.5 Å². The van der Waals surface area contributed by atoms with Gasteiger partial charge in [-0.2, -0.15) is 0 Å². The summed E-state index contributed by atoms with van der Waals surface area (Å²) < 4.78 is 11.2. The number of carbonyl (C=O) groups is 7. The fourth-order valence-corrected chi connectivity index (χ4v) is 5.21. The van der Waals surface area contributed by atoms with Gasteiger partial charge >= 0.3 is 0 Å². The zero-order chi connectivity index (χ0) is 42.7. The molecule has 0 spiro atoms. The third-order valence-electron chi connectivity index (χ3n) is 8.47. The second kappa shape index (κ2) is 22.9. The molecule has 0 bridgehead atoms. The Morgan fingerprint density at radius 3 is 1.96 bits per heavy atom. The van der Waals surface area contributed by atoms with Gasteiger partial charge in [-0.1, -0.05) is 48.0 Å². The van der Waals surface area contributed by atoms with E-state index in [-0.39, 0.29) is 78.2 Å². The Morgan fingerprint density at radius 2 is 1.39 bits per heavy atom. The summed E-state index contributed by atoms with van der Waals surface area (Å²) in [6, 6.07) is 4.36. The van der Waals surface area contributed by atoms with Crippen LogP contribution in [0.5, 0.6) is 0 Å². The number of primary amides is 1. The lowest BCUT2D eigenvalue weighted by atomic mass is 9.89. The van der Waals surface area contributed by atoms with Crippen molar-refractivity contribution < 1.29 is 48.1 Å². The number of imide groups is 1. The number of nitrogens with one attached hydrogen (secondary N) is 3. The first kappa shape index (κ1) is 49.5. The fourth-order valence-electron chi connectivity index (χ4n) is 5.21. The van der Waals surface area contributed by atoms with Gasteiger partial charge in [0.25, 0.3) is 17.7 Å². The number of nitrogens with two attached hydrogens (primary N) is 2. The summed E-state index contributed by atoms with van der Waals surface area (Å²) in [6.07, 6.45) is 5.22. The number of aldehydes is 1. The van der Waals surface area contributed by atoms with E-state index in [1.54, 1.807) is 7.05 Å². The molecule has 8 N–H and O–H groups in total. The number of rotatable bonds is 24. The molecule has 0 saturated carbocycles. The zero-order valence-electron chi connectivity index (χ0n) is 34.4. The molecule has 0 fully saturated rings. The molecule has 1 aliphatic heterocycles. The summed E-state index contributed by atoms with van der Waals surface area (Å²) in [5, 5.41) is 18.3. The zero-order valence-corrected chi connectivity index (χ0v) is 34.4. The highest BCUT2D eigenvalue weighted by atomic mass is 16.5. The summed E-state index contributed by atoms with van der Waals surface area (Å²) in [5.41, 5.74) is 9.40. The maximum Gasteiger partial charge on any atom is 0.253 e. The van der Waals surface area contributed by atoms with Gasteiger partial charge in [0.05, 0.1) is 38.4 Å². The predicted molar refractivity (Wildman–Crippen MR) is 212 cm³/mol. The Labute approximate surface area is 330 Å². The minimum absolute atomic E-state index is 0.00307. The highest BCUT2D eigenvalue weighted by Crippen LogP contribution is 2.23. The summed E-state index contributed by atoms with van der Waals surface area (Å²) in [4.78, 5) is 83.2. The molecule has 0 aliphatic carbocycles. The van der Waals surface area contributed by atoms with Crippen molar-refractivity contribution in [3.8, 4) is 0 Å². The summed E-state index contributed by atoms with van der Waals surface area (Å²) in [6.45, 7) is 15.7. The van der Waals surface area contributed by atoms with E-state index in [2.05, 4.69) is 29.8 Å². The molecule has 6 amide bonds. The van der Waals surface area contributed by atoms with Crippen LogP contribution in [0, 0.1) is 16.2 Å². The first-order valence-corrected chi connectivity index (χ1v) is 18.7. The van der Waals surface area contributed by atoms with Crippen molar-refractivity contribution in [2.75, 3.05) is 58.4 Å². The molecule has 16 nitrogen and oxygen atoms in total. The first-order valence-electron chi connectivity index (χ1n) is 18.7. The van der Waals surface area contributed by atoms with Crippen LogP contribution in [0.1, 0.15) is 108 Å². The van der Waals surface area contributed by atoms with Gasteiger partial charge < -0.3 is 42.0 Å². The van der Waals surface area contributed by atoms with Gasteiger partial charge in [-0.25, -0.2) is 0 Å². The van der Waals surface area contributed by atoms with Crippen molar-refractivity contribution >= 4 is 47.4 Å². The average Bonchev–Trinajstić information content (AvgIpc) is 3.41. The lowest BCUT2D eigenvalue weighted by Gasteiger charge is -2.28. The summed E-state index contributed by atoms with van der Waals surface area (Å²) >= 11 is 0. The first-order chi connectivity index (χ1) is 25.9. The standard InChI is InChI=1S/C28H38N4O8.C12H26N2O2/c1-27(2,17-40-18-28(3,39)14-22(29)34)16-30-26(38)20-11-19(15-33)12-21(13-20)31-23(35)7-5-4-6-10-32-24(36)8-9-25(32)37;1-11(2,6-10(15)14-5)8-16-9-12(3,4)7-13/h8-9,11-13,15,39H,4-7,10,14,16-18H2,1-3H3,(H2,29,34)(H,30,38)(H,31,35);6-9,13H2,1-5H3,(H,14,15). The summed E-state index contributed by atoms with van der Waals surface area (Å²) in [7, 11) is 1.65. The number of nitrogens with zero attached hydrogens (tertiary/aromatic N) is 1. The Bertz CT molecular complexity index is 1540. The maximum absolute atomic E-state index is 12.8. The van der Waals surface area contributed by atoms with Gasteiger partial charge in [0.15, 0.2) is 0 Å². The van der Waals surface area contributed by atoms with Crippen LogP contribution in [0.4, 0.5) is 5.69 Å². The SMILES string of the molecule is CC(C)(CNC(=O)c1cc(C=O)cc(NC(=O)CCCCCN2C(=O)C=CC2=O)c1)COCC(C)(O)CC(N)=O.CNC(=O)CC(C)(C)COCC(C)(C)CN. The van der Waals surface area contributed by atoms with Crippen molar-refractivity contribution in [2.24, 2.45) is 27.7 Å². The number of ether oxygens (including phenoxy) is 2. The number of hydrogen-bond acceptors (Lipinski definition) is 11. The molecular formula is C40H64N6O10. The van der Waals surface area contributed by atoms with Crippen LogP contribution in [0.3, 0.4) is 0 Å². The number of aliphatic hydroxyl groups is 1. The molecule has 1 atom stereocenters. The van der Waals surface area contributed by atoms with Gasteiger partial charge in [0.2, 0.25) is 17.7 Å². The summed E-state index contributed by atoms with van der Waals surface area (Å²) in [5.74, 6) is -2.01. The average molecular weight is 789 g/mol. The molecule has 1 aromatic carbocycles. The van der Waals surface area contributed by atoms with Crippen LogP contribution in [0.15, 0.2) is 30.4 Å². The van der Waals surface area contributed by atoms with E-state index in [0.717, 1.165) is 4.90 Å². The van der Waals surface area contributed by atoms with Crippen molar-refractivity contribution in [3.05, 3.63) is 41.5 Å². The number of amides is 6. The quantitative estimate of drug-likeness (QED) is 0.0504. The smallest absolute Gasteiger partial charge is 0.253 e. The third-order valence-corrected chi connectivity index (χ3v) is 8.47. The Hall–Kier alpha value is -4.51. The highest BCUT2D eigenvalue weighted by molar-refractivity contribution is 6.12. The topological polar surface area (TPSA) is 250 Å². The Kier molecular flexibility index (Phi) is 20.2. The van der Waals surface area contributed by atoms with E-state index < -0.39 is 22.8 Å². The van der Waals surface area contributed by atoms with Crippen LogP contribution in [-0.2, 0) is 33.4 Å². The van der Waals surface area contributed by atoms with Crippen molar-refractivity contribution in [1.29, 1.82) is 0 Å². The maximum atomic E-state index is 12.8. The van der Waals surface area contributed by atoms with Crippen molar-refractivity contribution in [2.45, 2.75) is 92.6 Å². The number of hydrogen-bond donors (Lipinski definition) is 6. The minimum atomic E-state index is -1.40.